The number of fused-ring (bicyclic) bond motifs is 2. The van der Waals surface area contributed by atoms with Crippen LogP contribution in [0.25, 0.3) is 0 Å². The molecule has 3 nitrogen and oxygen atoms in total. The van der Waals surface area contributed by atoms with E-state index in [0.29, 0.717) is 10.7 Å². The van der Waals surface area contributed by atoms with Gasteiger partial charge in [-0.05, 0) is 53.1 Å². The average Bonchev–Trinajstić information content (AvgIpc) is 2.65. The van der Waals surface area contributed by atoms with Crippen molar-refractivity contribution in [2.24, 2.45) is 0 Å². The van der Waals surface area contributed by atoms with Crippen molar-refractivity contribution < 1.29 is 4.79 Å². The summed E-state index contributed by atoms with van der Waals surface area (Å²) in [4.78, 5) is 13.8. The summed E-state index contributed by atoms with van der Waals surface area (Å²) in [6.45, 7) is 11.7. The van der Waals surface area contributed by atoms with Crippen molar-refractivity contribution in [3.05, 3.63) is 89.6 Å². The third kappa shape index (κ3) is 3.29. The Balaban J connectivity index is 2.18. The van der Waals surface area contributed by atoms with E-state index in [4.69, 9.17) is 23.2 Å². The average molecular weight is 399 g/mol. The molecule has 0 unspecified atom stereocenters. The second-order valence-corrected chi connectivity index (χ2v) is 7.49. The highest BCUT2D eigenvalue weighted by Crippen LogP contribution is 2.49. The largest absolute Gasteiger partial charge is 0.354 e. The fourth-order valence-electron chi connectivity index (χ4n) is 3.46. The molecule has 0 aliphatic carbocycles. The Labute approximate surface area is 169 Å². The number of anilines is 3. The molecule has 0 fully saturated rings. The van der Waals surface area contributed by atoms with Crippen LogP contribution in [0, 0.1) is 0 Å². The number of nitrogens with one attached hydrogen (secondary N) is 1. The van der Waals surface area contributed by atoms with Crippen molar-refractivity contribution in [2.75, 3.05) is 10.2 Å². The van der Waals surface area contributed by atoms with Gasteiger partial charge in [0.1, 0.15) is 0 Å². The minimum Gasteiger partial charge on any atom is -0.354 e. The van der Waals surface area contributed by atoms with Crippen LogP contribution in [0.15, 0.2) is 78.5 Å². The minimum atomic E-state index is -0.556. The molecule has 27 heavy (non-hydrogen) atoms. The SMILES string of the molecule is C=C/C(Cl)=C(\C=C)Nc1ccc2c(c1)N(C(=O)Cl)c1ccccc1C2(C)C. The van der Waals surface area contributed by atoms with Crippen molar-refractivity contribution in [1.82, 2.24) is 0 Å². The second kappa shape index (κ2) is 7.26. The zero-order valence-corrected chi connectivity index (χ0v) is 16.7. The molecule has 0 aromatic heterocycles. The van der Waals surface area contributed by atoms with E-state index >= 15 is 0 Å². The number of benzene rings is 2. The zero-order chi connectivity index (χ0) is 19.8. The highest BCUT2D eigenvalue weighted by Gasteiger charge is 2.38. The molecule has 5 heteroatoms. The van der Waals surface area contributed by atoms with E-state index in [9.17, 15) is 4.79 Å². The lowest BCUT2D eigenvalue weighted by Gasteiger charge is -2.40. The van der Waals surface area contributed by atoms with Gasteiger partial charge in [-0.3, -0.25) is 9.69 Å². The predicted molar refractivity (Wildman–Crippen MR) is 115 cm³/mol. The number of carbonyl (C=O) groups excluding carboxylic acids is 1. The molecular weight excluding hydrogens is 379 g/mol. The van der Waals surface area contributed by atoms with Crippen LogP contribution in [-0.2, 0) is 5.41 Å². The summed E-state index contributed by atoms with van der Waals surface area (Å²) in [5, 5.41) is 3.12. The highest BCUT2D eigenvalue weighted by molar-refractivity contribution is 6.67. The number of rotatable bonds is 4. The Morgan fingerprint density at radius 1 is 1.04 bits per heavy atom. The van der Waals surface area contributed by atoms with E-state index in [0.717, 1.165) is 28.2 Å². The third-order valence-electron chi connectivity index (χ3n) is 4.83. The van der Waals surface area contributed by atoms with E-state index in [1.165, 1.54) is 11.0 Å². The van der Waals surface area contributed by atoms with Gasteiger partial charge >= 0.3 is 5.37 Å². The highest BCUT2D eigenvalue weighted by atomic mass is 35.5. The van der Waals surface area contributed by atoms with Gasteiger partial charge in [0.05, 0.1) is 22.1 Å². The van der Waals surface area contributed by atoms with Gasteiger partial charge < -0.3 is 5.32 Å². The molecule has 1 aliphatic heterocycles. The second-order valence-electron chi connectivity index (χ2n) is 6.76. The van der Waals surface area contributed by atoms with E-state index in [1.54, 1.807) is 6.08 Å². The number of amides is 1. The summed E-state index contributed by atoms with van der Waals surface area (Å²) in [5.41, 5.74) is 4.71. The Bertz CT molecular complexity index is 976. The molecule has 1 N–H and O–H groups in total. The fourth-order valence-corrected chi connectivity index (χ4v) is 3.76. The normalized spacial score (nSPS) is 15.2. The van der Waals surface area contributed by atoms with Crippen LogP contribution in [0.4, 0.5) is 21.9 Å². The molecule has 138 valence electrons. The molecule has 1 heterocycles. The third-order valence-corrected chi connectivity index (χ3v) is 5.35. The Hall–Kier alpha value is -2.49. The van der Waals surface area contributed by atoms with Crippen molar-refractivity contribution in [3.63, 3.8) is 0 Å². The lowest BCUT2D eigenvalue weighted by molar-refractivity contribution is 0.265. The first-order valence-corrected chi connectivity index (χ1v) is 9.22. The number of nitrogens with zero attached hydrogens (tertiary/aromatic N) is 1. The van der Waals surface area contributed by atoms with Gasteiger partial charge in [0.2, 0.25) is 0 Å². The summed E-state index contributed by atoms with van der Waals surface area (Å²) in [6, 6.07) is 13.6. The van der Waals surface area contributed by atoms with Crippen LogP contribution in [0.2, 0.25) is 0 Å². The van der Waals surface area contributed by atoms with Crippen LogP contribution in [-0.4, -0.2) is 5.37 Å². The van der Waals surface area contributed by atoms with Crippen LogP contribution < -0.4 is 10.2 Å². The van der Waals surface area contributed by atoms with Crippen LogP contribution >= 0.6 is 23.2 Å². The summed E-state index contributed by atoms with van der Waals surface area (Å²) >= 11 is 12.1. The lowest BCUT2D eigenvalue weighted by atomic mass is 9.73. The smallest absolute Gasteiger partial charge is 0.325 e. The van der Waals surface area contributed by atoms with E-state index in [1.807, 2.05) is 42.5 Å². The molecule has 0 atom stereocenters. The van der Waals surface area contributed by atoms with E-state index in [-0.39, 0.29) is 5.41 Å². The van der Waals surface area contributed by atoms with Gasteiger partial charge in [0.25, 0.3) is 0 Å². The Morgan fingerprint density at radius 3 is 2.33 bits per heavy atom. The maximum Gasteiger partial charge on any atom is 0.325 e. The molecule has 0 spiro atoms. The topological polar surface area (TPSA) is 32.3 Å². The van der Waals surface area contributed by atoms with Gasteiger partial charge in [-0.15, -0.1) is 0 Å². The van der Waals surface area contributed by atoms with Crippen molar-refractivity contribution in [2.45, 2.75) is 19.3 Å². The summed E-state index contributed by atoms with van der Waals surface area (Å²) < 4.78 is 0. The zero-order valence-electron chi connectivity index (χ0n) is 15.2. The monoisotopic (exact) mass is 398 g/mol. The quantitative estimate of drug-likeness (QED) is 0.339. The van der Waals surface area contributed by atoms with E-state index in [2.05, 4.69) is 32.3 Å². The van der Waals surface area contributed by atoms with Gasteiger partial charge in [0.15, 0.2) is 0 Å². The number of hydrogen-bond donors (Lipinski definition) is 1. The molecule has 0 radical (unpaired) electrons. The van der Waals surface area contributed by atoms with E-state index < -0.39 is 5.37 Å². The first-order valence-electron chi connectivity index (χ1n) is 8.46. The number of halogens is 2. The molecule has 2 aromatic rings. The standard InChI is InChI=1S/C22H20Cl2N2O/c1-5-17(23)18(6-2)25-14-11-12-16-20(13-14)26(21(24)27)19-10-8-7-9-15(19)22(16,3)4/h5-13,25H,1-2H2,3-4H3/b18-17-. The van der Waals surface area contributed by atoms with Crippen LogP contribution in [0.5, 0.6) is 0 Å². The van der Waals surface area contributed by atoms with Crippen LogP contribution in [0.1, 0.15) is 25.0 Å². The number of carbonyl (C=O) groups is 1. The number of allylic oxidation sites excluding steroid dienone is 3. The minimum absolute atomic E-state index is 0.275. The lowest BCUT2D eigenvalue weighted by Crippen LogP contribution is -2.34. The number of para-hydroxylation sites is 1. The van der Waals surface area contributed by atoms with Gasteiger partial charge in [-0.1, -0.05) is 62.9 Å². The van der Waals surface area contributed by atoms with Gasteiger partial charge in [-0.25, -0.2) is 0 Å². The van der Waals surface area contributed by atoms with Gasteiger partial charge in [0, 0.05) is 11.1 Å². The Morgan fingerprint density at radius 2 is 1.70 bits per heavy atom. The fraction of sp³-hybridized carbons (Fsp3) is 0.136. The molecule has 0 saturated heterocycles. The maximum atomic E-state index is 12.3. The van der Waals surface area contributed by atoms with Gasteiger partial charge in [-0.2, -0.15) is 0 Å². The predicted octanol–water partition coefficient (Wildman–Crippen LogP) is 7.06. The summed E-state index contributed by atoms with van der Waals surface area (Å²) in [6.07, 6.45) is 3.16. The number of hydrogen-bond acceptors (Lipinski definition) is 2. The summed E-state index contributed by atoms with van der Waals surface area (Å²) in [7, 11) is 0. The maximum absolute atomic E-state index is 12.3. The molecule has 0 bridgehead atoms. The van der Waals surface area contributed by atoms with Crippen molar-refractivity contribution >= 4 is 45.6 Å². The molecule has 0 saturated carbocycles. The first-order chi connectivity index (χ1) is 12.8. The molecule has 3 rings (SSSR count). The Kier molecular flexibility index (Phi) is 5.18. The van der Waals surface area contributed by atoms with Crippen LogP contribution in [0.3, 0.4) is 0 Å². The van der Waals surface area contributed by atoms with Crippen molar-refractivity contribution in [1.29, 1.82) is 0 Å². The molecule has 2 aromatic carbocycles. The first kappa shape index (κ1) is 19.3. The summed E-state index contributed by atoms with van der Waals surface area (Å²) in [5.74, 6) is 0. The molecule has 1 aliphatic rings. The molecular formula is C22H20Cl2N2O. The van der Waals surface area contributed by atoms with Crippen molar-refractivity contribution in [3.8, 4) is 0 Å². The molecule has 1 amide bonds.